The van der Waals surface area contributed by atoms with Crippen LogP contribution in [0.5, 0.6) is 0 Å². The maximum atomic E-state index is 13.2. The number of carbonyl (C=O) groups excluding carboxylic acids is 1. The fourth-order valence-corrected chi connectivity index (χ4v) is 4.70. The number of piperidine rings is 1. The van der Waals surface area contributed by atoms with Gasteiger partial charge in [0, 0.05) is 44.0 Å². The van der Waals surface area contributed by atoms with Crippen molar-refractivity contribution in [1.82, 2.24) is 9.80 Å². The lowest BCUT2D eigenvalue weighted by atomic mass is 9.92. The summed E-state index contributed by atoms with van der Waals surface area (Å²) in [5, 5.41) is 0. The SMILES string of the molecule is COC1CC=C(N2CC=C(C3=CC(C(F)(F)F)CC=C3)C2=O)C=C1OCCN1CCCCC1. The molecule has 0 spiro atoms. The van der Waals surface area contributed by atoms with Crippen LogP contribution >= 0.6 is 0 Å². The highest BCUT2D eigenvalue weighted by molar-refractivity contribution is 6.02. The Hall–Kier alpha value is -2.32. The second kappa shape index (κ2) is 10.3. The van der Waals surface area contributed by atoms with Crippen LogP contribution in [0, 0.1) is 5.92 Å². The van der Waals surface area contributed by atoms with E-state index in [1.807, 2.05) is 12.2 Å². The van der Waals surface area contributed by atoms with E-state index in [-0.39, 0.29) is 18.4 Å². The van der Waals surface area contributed by atoms with Crippen LogP contribution in [-0.4, -0.2) is 67.9 Å². The fourth-order valence-electron chi connectivity index (χ4n) is 4.70. The summed E-state index contributed by atoms with van der Waals surface area (Å²) >= 11 is 0. The Morgan fingerprint density at radius 3 is 2.64 bits per heavy atom. The molecule has 0 aromatic rings. The quantitative estimate of drug-likeness (QED) is 0.556. The summed E-state index contributed by atoms with van der Waals surface area (Å²) in [5.74, 6) is -1.17. The minimum absolute atomic E-state index is 0.0946. The van der Waals surface area contributed by atoms with Gasteiger partial charge in [0.05, 0.1) is 5.92 Å². The van der Waals surface area contributed by atoms with Gasteiger partial charge in [0.25, 0.3) is 5.91 Å². The number of hydrogen-bond donors (Lipinski definition) is 0. The number of allylic oxidation sites excluding steroid dienone is 4. The van der Waals surface area contributed by atoms with E-state index in [2.05, 4.69) is 4.90 Å². The Labute approximate surface area is 192 Å². The highest BCUT2D eigenvalue weighted by Gasteiger charge is 2.39. The molecular weight excluding hydrogens is 433 g/mol. The Morgan fingerprint density at radius 2 is 1.91 bits per heavy atom. The van der Waals surface area contributed by atoms with Crippen molar-refractivity contribution in [3.63, 3.8) is 0 Å². The fraction of sp³-hybridized carbons (Fsp3) is 0.560. The van der Waals surface area contributed by atoms with E-state index in [4.69, 9.17) is 9.47 Å². The molecule has 0 aromatic carbocycles. The average Bonchev–Trinajstić information content (AvgIpc) is 3.20. The Kier molecular flexibility index (Phi) is 7.44. The van der Waals surface area contributed by atoms with E-state index in [0.29, 0.717) is 42.2 Å². The van der Waals surface area contributed by atoms with Crippen LogP contribution in [0.25, 0.3) is 0 Å². The van der Waals surface area contributed by atoms with Crippen LogP contribution in [0.15, 0.2) is 59.1 Å². The van der Waals surface area contributed by atoms with Crippen molar-refractivity contribution in [1.29, 1.82) is 0 Å². The molecule has 33 heavy (non-hydrogen) atoms. The number of amides is 1. The Morgan fingerprint density at radius 1 is 1.12 bits per heavy atom. The van der Waals surface area contributed by atoms with Gasteiger partial charge in [-0.1, -0.05) is 36.8 Å². The predicted molar refractivity (Wildman–Crippen MR) is 119 cm³/mol. The van der Waals surface area contributed by atoms with Crippen LogP contribution in [0.1, 0.15) is 32.1 Å². The third kappa shape index (κ3) is 5.61. The van der Waals surface area contributed by atoms with E-state index in [1.54, 1.807) is 24.2 Å². The van der Waals surface area contributed by atoms with E-state index >= 15 is 0 Å². The second-order valence-electron chi connectivity index (χ2n) is 8.83. The first kappa shape index (κ1) is 23.8. The number of likely N-dealkylation sites (tertiary alicyclic amines) is 1. The van der Waals surface area contributed by atoms with Crippen molar-refractivity contribution < 1.29 is 27.4 Å². The van der Waals surface area contributed by atoms with Gasteiger partial charge >= 0.3 is 6.18 Å². The number of hydrogen-bond acceptors (Lipinski definition) is 4. The molecule has 1 saturated heterocycles. The Balaban J connectivity index is 1.41. The lowest BCUT2D eigenvalue weighted by molar-refractivity contribution is -0.160. The summed E-state index contributed by atoms with van der Waals surface area (Å²) in [5.41, 5.74) is 1.35. The van der Waals surface area contributed by atoms with Gasteiger partial charge in [-0.25, -0.2) is 0 Å². The van der Waals surface area contributed by atoms with E-state index in [0.717, 1.165) is 25.7 Å². The first-order chi connectivity index (χ1) is 15.9. The largest absolute Gasteiger partial charge is 0.494 e. The maximum Gasteiger partial charge on any atom is 0.395 e. The van der Waals surface area contributed by atoms with Crippen LogP contribution in [0.3, 0.4) is 0 Å². The number of rotatable bonds is 7. The zero-order valence-corrected chi connectivity index (χ0v) is 18.9. The molecule has 0 radical (unpaired) electrons. The molecule has 180 valence electrons. The van der Waals surface area contributed by atoms with Gasteiger partial charge in [-0.05, 0) is 37.9 Å². The zero-order valence-electron chi connectivity index (χ0n) is 18.9. The summed E-state index contributed by atoms with van der Waals surface area (Å²) in [6.07, 6.45) is 9.37. The number of ether oxygens (including phenoxy) is 2. The highest BCUT2D eigenvalue weighted by Crippen LogP contribution is 2.37. The smallest absolute Gasteiger partial charge is 0.395 e. The van der Waals surface area contributed by atoms with Gasteiger partial charge < -0.3 is 14.4 Å². The topological polar surface area (TPSA) is 42.0 Å². The normalized spacial score (nSPS) is 26.7. The molecule has 5 nitrogen and oxygen atoms in total. The lowest BCUT2D eigenvalue weighted by Gasteiger charge is -2.29. The van der Waals surface area contributed by atoms with Crippen molar-refractivity contribution in [2.75, 3.05) is 39.9 Å². The summed E-state index contributed by atoms with van der Waals surface area (Å²) in [6.45, 7) is 3.90. The molecule has 0 bridgehead atoms. The van der Waals surface area contributed by atoms with Crippen LogP contribution in [0.2, 0.25) is 0 Å². The number of alkyl halides is 3. The van der Waals surface area contributed by atoms with E-state index in [9.17, 15) is 18.0 Å². The van der Waals surface area contributed by atoms with Crippen molar-refractivity contribution in [3.05, 3.63) is 59.1 Å². The molecule has 4 aliphatic rings. The molecule has 8 heteroatoms. The molecule has 0 saturated carbocycles. The summed E-state index contributed by atoms with van der Waals surface area (Å²) in [6, 6.07) is 0. The monoisotopic (exact) mass is 464 g/mol. The van der Waals surface area contributed by atoms with Gasteiger partial charge in [-0.3, -0.25) is 9.69 Å². The average molecular weight is 465 g/mol. The van der Waals surface area contributed by atoms with Gasteiger partial charge in [-0.2, -0.15) is 13.2 Å². The van der Waals surface area contributed by atoms with Gasteiger partial charge in [0.2, 0.25) is 0 Å². The first-order valence-electron chi connectivity index (χ1n) is 11.6. The molecular formula is C25H31F3N2O3. The standard InChI is InChI=1S/C25H31F3N2O3/c1-32-22-9-8-20(17-23(22)33-15-14-29-11-3-2-4-12-29)30-13-10-21(24(30)31)18-6-5-7-19(16-18)25(26,27)28/h5-6,8,10,16-17,19,22H,2-4,7,9,11-15H2,1H3. The zero-order chi connectivity index (χ0) is 23.4. The van der Waals surface area contributed by atoms with Gasteiger partial charge in [-0.15, -0.1) is 0 Å². The van der Waals surface area contributed by atoms with Crippen molar-refractivity contribution in [2.45, 2.75) is 44.4 Å². The Bertz CT molecular complexity index is 895. The molecule has 2 aliphatic carbocycles. The molecule has 1 fully saturated rings. The molecule has 0 N–H and O–H groups in total. The number of halogens is 3. The van der Waals surface area contributed by atoms with Crippen LogP contribution < -0.4 is 0 Å². The molecule has 4 rings (SSSR count). The maximum absolute atomic E-state index is 13.2. The summed E-state index contributed by atoms with van der Waals surface area (Å²) < 4.78 is 51.1. The second-order valence-corrected chi connectivity index (χ2v) is 8.83. The highest BCUT2D eigenvalue weighted by atomic mass is 19.4. The van der Waals surface area contributed by atoms with E-state index in [1.165, 1.54) is 25.3 Å². The summed E-state index contributed by atoms with van der Waals surface area (Å²) in [4.78, 5) is 17.1. The number of carbonyl (C=O) groups is 1. The minimum Gasteiger partial charge on any atom is -0.494 e. The van der Waals surface area contributed by atoms with Gasteiger partial charge in [0.15, 0.2) is 0 Å². The van der Waals surface area contributed by atoms with Crippen molar-refractivity contribution in [2.24, 2.45) is 5.92 Å². The van der Waals surface area contributed by atoms with Gasteiger partial charge in [0.1, 0.15) is 18.5 Å². The molecule has 2 atom stereocenters. The van der Waals surface area contributed by atoms with Crippen molar-refractivity contribution >= 4 is 5.91 Å². The lowest BCUT2D eigenvalue weighted by Crippen LogP contribution is -2.33. The predicted octanol–water partition coefficient (Wildman–Crippen LogP) is 4.51. The number of nitrogens with zero attached hydrogens (tertiary/aromatic N) is 2. The molecule has 2 unspecified atom stereocenters. The molecule has 1 amide bonds. The third-order valence-corrected chi connectivity index (χ3v) is 6.62. The molecule has 2 aliphatic heterocycles. The third-order valence-electron chi connectivity index (χ3n) is 6.62. The van der Waals surface area contributed by atoms with Crippen LogP contribution in [0.4, 0.5) is 13.2 Å². The molecule has 2 heterocycles. The molecule has 0 aromatic heterocycles. The number of methoxy groups -OCH3 is 1. The van der Waals surface area contributed by atoms with E-state index < -0.39 is 12.1 Å². The first-order valence-corrected chi connectivity index (χ1v) is 11.6. The summed E-state index contributed by atoms with van der Waals surface area (Å²) in [7, 11) is 1.63. The minimum atomic E-state index is -4.32. The van der Waals surface area contributed by atoms with Crippen molar-refractivity contribution in [3.8, 4) is 0 Å². The van der Waals surface area contributed by atoms with Crippen LogP contribution in [-0.2, 0) is 14.3 Å².